The van der Waals surface area contributed by atoms with Crippen LogP contribution in [0.2, 0.25) is 0 Å². The Hall–Kier alpha value is -5.19. The van der Waals surface area contributed by atoms with Gasteiger partial charge in [0.1, 0.15) is 55.8 Å². The number of nitrogen functional groups attached to an aromatic ring is 1. The molecule has 8 N–H and O–H groups in total. The van der Waals surface area contributed by atoms with Crippen LogP contribution in [0.25, 0.3) is 31.9 Å². The second-order valence-electron chi connectivity index (χ2n) is 12.8. The number of carbonyl (C=O) groups excluding carboxylic acids is 2. The van der Waals surface area contributed by atoms with Crippen LogP contribution in [-0.4, -0.2) is 117 Å². The number of benzene rings is 1. The van der Waals surface area contributed by atoms with Gasteiger partial charge in [0.15, 0.2) is 6.23 Å². The van der Waals surface area contributed by atoms with Gasteiger partial charge in [0.25, 0.3) is 5.91 Å². The molecule has 0 saturated carbocycles. The molecule has 0 aliphatic carbocycles. The second kappa shape index (κ2) is 24.8. The maximum atomic E-state index is 12.4. The zero-order valence-corrected chi connectivity index (χ0v) is 36.3. The molecule has 1 aliphatic rings. The number of phosphoric acid groups is 3. The van der Waals surface area contributed by atoms with Crippen LogP contribution in [0.4, 0.5) is 5.82 Å². The minimum Gasteiger partial charge on any atom is -0.491 e. The Balaban J connectivity index is 1.29. The number of aromatic nitrogens is 3. The number of hydrogen-bond donors (Lipinski definition) is 7. The van der Waals surface area contributed by atoms with E-state index in [0.717, 1.165) is 19.2 Å². The molecule has 2 amide bonds. The SMILES string of the molecule is CCCCNC(=O)c1cccc(OCC(N=[N+]=[N-])OCCOCC(=O)NCC#Cc2cn([C@H]3CC(OCN=[N+]=[N-])[C@@H](COP(=O)(O)OP(=O)(O)OP(=O)(O)O)O3)c3ncnc(N)c23)c1. The van der Waals surface area contributed by atoms with Crippen molar-refractivity contribution in [1.82, 2.24) is 25.2 Å². The summed E-state index contributed by atoms with van der Waals surface area (Å²) in [6, 6.07) is 6.48. The molecule has 4 unspecified atom stereocenters. The van der Waals surface area contributed by atoms with Gasteiger partial charge in [-0.05, 0) is 35.7 Å². The number of rotatable bonds is 26. The highest BCUT2D eigenvalue weighted by atomic mass is 31.3. The lowest BCUT2D eigenvalue weighted by atomic mass is 10.2. The van der Waals surface area contributed by atoms with Crippen LogP contribution in [0.3, 0.4) is 0 Å². The first kappa shape index (κ1) is 51.4. The molecule has 3 heterocycles. The lowest BCUT2D eigenvalue weighted by molar-refractivity contribution is -0.126. The number of azide groups is 2. The molecule has 348 valence electrons. The third-order valence-electron chi connectivity index (χ3n) is 8.21. The van der Waals surface area contributed by atoms with Gasteiger partial charge in [-0.2, -0.15) is 8.62 Å². The van der Waals surface area contributed by atoms with E-state index < -0.39 is 67.4 Å². The van der Waals surface area contributed by atoms with Crippen LogP contribution in [-0.2, 0) is 50.6 Å². The third-order valence-corrected chi connectivity index (χ3v) is 12.0. The van der Waals surface area contributed by atoms with Gasteiger partial charge in [-0.1, -0.05) is 41.5 Å². The first-order valence-corrected chi connectivity index (χ1v) is 23.1. The van der Waals surface area contributed by atoms with E-state index >= 15 is 0 Å². The fourth-order valence-electron chi connectivity index (χ4n) is 5.53. The highest BCUT2D eigenvalue weighted by Crippen LogP contribution is 2.66. The zero-order chi connectivity index (χ0) is 46.8. The summed E-state index contributed by atoms with van der Waals surface area (Å²) in [7, 11) is -17.0. The van der Waals surface area contributed by atoms with Gasteiger partial charge in [0, 0.05) is 34.5 Å². The normalized spacial score (nSPS) is 18.3. The molecule has 1 aromatic carbocycles. The molecule has 1 saturated heterocycles. The molecule has 32 heteroatoms. The van der Waals surface area contributed by atoms with E-state index in [-0.39, 0.29) is 56.8 Å². The number of nitrogens with zero attached hydrogens (tertiary/aromatic N) is 9. The average molecular weight is 961 g/mol. The van der Waals surface area contributed by atoms with Gasteiger partial charge in [-0.25, -0.2) is 23.7 Å². The predicted molar refractivity (Wildman–Crippen MR) is 218 cm³/mol. The van der Waals surface area contributed by atoms with Crippen molar-refractivity contribution in [1.29, 1.82) is 0 Å². The maximum Gasteiger partial charge on any atom is 0.490 e. The van der Waals surface area contributed by atoms with Crippen LogP contribution >= 0.6 is 23.5 Å². The smallest absolute Gasteiger partial charge is 0.490 e. The van der Waals surface area contributed by atoms with Crippen molar-refractivity contribution in [2.45, 2.75) is 50.8 Å². The Kier molecular flexibility index (Phi) is 19.9. The number of carbonyl (C=O) groups is 2. The van der Waals surface area contributed by atoms with Crippen molar-refractivity contribution in [3.63, 3.8) is 0 Å². The van der Waals surface area contributed by atoms with Crippen molar-refractivity contribution in [2.24, 2.45) is 10.2 Å². The van der Waals surface area contributed by atoms with Crippen molar-refractivity contribution in [3.05, 3.63) is 68.8 Å². The van der Waals surface area contributed by atoms with E-state index in [4.69, 9.17) is 54.8 Å². The lowest BCUT2D eigenvalue weighted by Crippen LogP contribution is -2.29. The molecule has 0 bridgehead atoms. The fourth-order valence-corrected chi connectivity index (χ4v) is 8.56. The number of anilines is 1. The number of ether oxygens (including phenoxy) is 5. The van der Waals surface area contributed by atoms with Crippen LogP contribution in [0.1, 0.15) is 48.3 Å². The summed E-state index contributed by atoms with van der Waals surface area (Å²) in [5, 5.41) is 12.5. The van der Waals surface area contributed by atoms with Gasteiger partial charge in [0.05, 0.1) is 43.4 Å². The van der Waals surface area contributed by atoms with E-state index in [9.17, 15) is 33.1 Å². The monoisotopic (exact) mass is 960 g/mol. The molecular formula is C32H43N12O17P3. The van der Waals surface area contributed by atoms with Crippen LogP contribution in [0, 0.1) is 11.8 Å². The highest BCUT2D eigenvalue weighted by molar-refractivity contribution is 7.66. The molecule has 0 spiro atoms. The number of hydrogen-bond acceptors (Lipinski definition) is 18. The van der Waals surface area contributed by atoms with Crippen molar-refractivity contribution < 1.29 is 79.7 Å². The van der Waals surface area contributed by atoms with Crippen molar-refractivity contribution >= 4 is 52.1 Å². The van der Waals surface area contributed by atoms with Crippen LogP contribution < -0.4 is 21.1 Å². The Morgan fingerprint density at radius 1 is 1.11 bits per heavy atom. The standard InChI is InChI=1S/C32H43N12O17P3/c1-2-3-9-37-32(46)21-6-4-8-23(13-21)56-18-27(41-43-35)55-12-11-54-17-26(45)36-10-5-7-22-15-44(31-29(22)30(33)38-19-39-31)28-14-24(57-20-40-42-34)25(59-28)16-58-63(50,51)61-64(52,53)60-62(47,48)49/h4,6,8,13,15,19,24-25,27-28H,2-3,9-12,14,16-18,20H2,1H3,(H,36,45)(H,37,46)(H,50,51)(H,52,53)(H2,33,38,39)(H2,47,48,49)/t24?,25-,27?,28-/m1/s1. The summed E-state index contributed by atoms with van der Waals surface area (Å²) in [4.78, 5) is 75.3. The third kappa shape index (κ3) is 17.1. The average Bonchev–Trinajstić information content (AvgIpc) is 3.81. The van der Waals surface area contributed by atoms with Gasteiger partial charge < -0.3 is 64.2 Å². The van der Waals surface area contributed by atoms with E-state index in [1.54, 1.807) is 24.3 Å². The number of fused-ring (bicyclic) bond motifs is 1. The summed E-state index contributed by atoms with van der Waals surface area (Å²) < 4.78 is 76.8. The second-order valence-corrected chi connectivity index (χ2v) is 17.3. The number of nitrogens with one attached hydrogen (secondary N) is 2. The highest BCUT2D eigenvalue weighted by Gasteiger charge is 2.43. The predicted octanol–water partition coefficient (Wildman–Crippen LogP) is 3.04. The minimum absolute atomic E-state index is 0.0248. The summed E-state index contributed by atoms with van der Waals surface area (Å²) in [6.45, 7) is 0.384. The van der Waals surface area contributed by atoms with Gasteiger partial charge in [-0.3, -0.25) is 14.1 Å². The minimum atomic E-state index is -5.80. The first-order chi connectivity index (χ1) is 30.4. The molecule has 1 fully saturated rings. The van der Waals surface area contributed by atoms with Crippen LogP contribution in [0.15, 0.2) is 47.0 Å². The fraction of sp³-hybridized carbons (Fsp3) is 0.500. The Labute approximate surface area is 362 Å². The Morgan fingerprint density at radius 2 is 1.91 bits per heavy atom. The van der Waals surface area contributed by atoms with Crippen molar-refractivity contribution in [3.8, 4) is 17.6 Å². The molecule has 64 heavy (non-hydrogen) atoms. The van der Waals surface area contributed by atoms with Gasteiger partial charge >= 0.3 is 23.5 Å². The molecular weight excluding hydrogens is 917 g/mol. The molecule has 6 atom stereocenters. The van der Waals surface area contributed by atoms with Crippen molar-refractivity contribution in [2.75, 3.05) is 58.6 Å². The number of nitrogens with two attached hydrogens (primary N) is 1. The van der Waals surface area contributed by atoms with E-state index in [1.807, 2.05) is 6.92 Å². The summed E-state index contributed by atoms with van der Waals surface area (Å²) in [5.74, 6) is 5.26. The molecule has 29 nitrogen and oxygen atoms in total. The Morgan fingerprint density at radius 3 is 2.64 bits per heavy atom. The Bertz CT molecular complexity index is 2400. The summed E-state index contributed by atoms with van der Waals surface area (Å²) in [6.07, 6.45) is 0.0962. The van der Waals surface area contributed by atoms with E-state index in [2.05, 4.69) is 61.1 Å². The summed E-state index contributed by atoms with van der Waals surface area (Å²) in [5.41, 5.74) is 24.7. The van der Waals surface area contributed by atoms with E-state index in [0.29, 0.717) is 28.8 Å². The largest absolute Gasteiger partial charge is 0.491 e. The van der Waals surface area contributed by atoms with Crippen LogP contribution in [0.5, 0.6) is 5.75 Å². The molecule has 3 aromatic rings. The lowest BCUT2D eigenvalue weighted by Gasteiger charge is -2.21. The molecule has 2 aromatic heterocycles. The summed E-state index contributed by atoms with van der Waals surface area (Å²) >= 11 is 0. The number of phosphoric ester groups is 1. The molecule has 4 rings (SSSR count). The first-order valence-electron chi connectivity index (χ1n) is 18.6. The molecule has 1 aliphatic heterocycles. The molecule has 0 radical (unpaired) electrons. The van der Waals surface area contributed by atoms with Gasteiger partial charge in [-0.15, -0.1) is 0 Å². The quantitative estimate of drug-likeness (QED) is 0.0152. The van der Waals surface area contributed by atoms with Gasteiger partial charge in [0.2, 0.25) is 5.91 Å². The zero-order valence-electron chi connectivity index (χ0n) is 33.6. The maximum absolute atomic E-state index is 12.4. The topological polar surface area (TPSA) is 418 Å². The van der Waals surface area contributed by atoms with E-state index in [1.165, 1.54) is 10.8 Å². The number of amides is 2. The number of unbranched alkanes of at least 4 members (excludes halogenated alkanes) is 1.